The summed E-state index contributed by atoms with van der Waals surface area (Å²) < 4.78 is 27.7. The number of pyridine rings is 1. The van der Waals surface area contributed by atoms with Crippen LogP contribution in [0.5, 0.6) is 11.5 Å². The van der Waals surface area contributed by atoms with Gasteiger partial charge in [-0.2, -0.15) is 0 Å². The van der Waals surface area contributed by atoms with Crippen LogP contribution in [0.3, 0.4) is 0 Å². The van der Waals surface area contributed by atoms with Gasteiger partial charge in [-0.3, -0.25) is 4.98 Å². The second kappa shape index (κ2) is 5.54. The second-order valence-electron chi connectivity index (χ2n) is 3.47. The molecule has 0 amide bonds. The third-order valence-corrected chi connectivity index (χ3v) is 3.95. The van der Waals surface area contributed by atoms with E-state index in [4.69, 9.17) is 38.6 Å². The standard InChI is InChI=1S/C11H6Cl3NO3S/c12-7-3-8(6-15-5-7)18-11-2-1-9(4-10(11)13)19(14,16)17/h1-6H. The zero-order valence-corrected chi connectivity index (χ0v) is 12.3. The van der Waals surface area contributed by atoms with Gasteiger partial charge in [-0.05, 0) is 18.2 Å². The van der Waals surface area contributed by atoms with Crippen LogP contribution in [-0.2, 0) is 9.05 Å². The molecule has 0 N–H and O–H groups in total. The molecule has 2 aromatic rings. The first-order valence-electron chi connectivity index (χ1n) is 4.89. The van der Waals surface area contributed by atoms with Crippen molar-refractivity contribution in [2.45, 2.75) is 4.90 Å². The van der Waals surface area contributed by atoms with Crippen molar-refractivity contribution in [2.75, 3.05) is 0 Å². The molecule has 19 heavy (non-hydrogen) atoms. The molecule has 8 heteroatoms. The highest BCUT2D eigenvalue weighted by atomic mass is 35.7. The molecular formula is C11H6Cl3NO3S. The zero-order chi connectivity index (χ0) is 14.0. The highest BCUT2D eigenvalue weighted by Crippen LogP contribution is 2.32. The number of ether oxygens (including phenoxy) is 1. The number of hydrogen-bond acceptors (Lipinski definition) is 4. The Morgan fingerprint density at radius 1 is 1.11 bits per heavy atom. The van der Waals surface area contributed by atoms with E-state index in [1.165, 1.54) is 30.6 Å². The third-order valence-electron chi connectivity index (χ3n) is 2.09. The Morgan fingerprint density at radius 2 is 1.84 bits per heavy atom. The summed E-state index contributed by atoms with van der Waals surface area (Å²) >= 11 is 11.7. The first-order chi connectivity index (χ1) is 8.86. The predicted molar refractivity (Wildman–Crippen MR) is 73.8 cm³/mol. The van der Waals surface area contributed by atoms with Gasteiger partial charge in [0.1, 0.15) is 11.5 Å². The van der Waals surface area contributed by atoms with E-state index in [0.717, 1.165) is 0 Å². The Balaban J connectivity index is 2.32. The zero-order valence-electron chi connectivity index (χ0n) is 9.18. The molecule has 0 aliphatic carbocycles. The summed E-state index contributed by atoms with van der Waals surface area (Å²) in [5.74, 6) is 0.658. The molecular weight excluding hydrogens is 333 g/mol. The van der Waals surface area contributed by atoms with Gasteiger partial charge in [0.2, 0.25) is 0 Å². The number of rotatable bonds is 3. The summed E-state index contributed by atoms with van der Waals surface area (Å²) in [6.07, 6.45) is 2.91. The van der Waals surface area contributed by atoms with Crippen LogP contribution in [0.25, 0.3) is 0 Å². The molecule has 1 heterocycles. The summed E-state index contributed by atoms with van der Waals surface area (Å²) in [6.45, 7) is 0. The van der Waals surface area contributed by atoms with Crippen molar-refractivity contribution >= 4 is 42.9 Å². The minimum Gasteiger partial charge on any atom is -0.454 e. The summed E-state index contributed by atoms with van der Waals surface area (Å²) in [5, 5.41) is 0.523. The van der Waals surface area contributed by atoms with E-state index in [1.54, 1.807) is 6.07 Å². The summed E-state index contributed by atoms with van der Waals surface area (Å²) in [5.41, 5.74) is 0. The molecule has 1 aromatic carbocycles. The Hall–Kier alpha value is -1.01. The van der Waals surface area contributed by atoms with E-state index in [-0.39, 0.29) is 15.7 Å². The molecule has 4 nitrogen and oxygen atoms in total. The summed E-state index contributed by atoms with van der Waals surface area (Å²) in [6, 6.07) is 5.45. The number of nitrogens with zero attached hydrogens (tertiary/aromatic N) is 1. The number of halogens is 3. The normalized spacial score (nSPS) is 11.3. The van der Waals surface area contributed by atoms with Crippen molar-refractivity contribution in [3.05, 3.63) is 46.7 Å². The van der Waals surface area contributed by atoms with Crippen LogP contribution in [0.4, 0.5) is 0 Å². The number of aromatic nitrogens is 1. The number of benzene rings is 1. The first kappa shape index (κ1) is 14.4. The average Bonchev–Trinajstić information content (AvgIpc) is 2.30. The van der Waals surface area contributed by atoms with E-state index in [1.807, 2.05) is 0 Å². The summed E-state index contributed by atoms with van der Waals surface area (Å²) in [7, 11) is 1.39. The lowest BCUT2D eigenvalue weighted by molar-refractivity contribution is 0.480. The van der Waals surface area contributed by atoms with Crippen LogP contribution >= 0.6 is 33.9 Å². The van der Waals surface area contributed by atoms with Crippen molar-refractivity contribution in [3.63, 3.8) is 0 Å². The first-order valence-corrected chi connectivity index (χ1v) is 7.95. The van der Waals surface area contributed by atoms with Gasteiger partial charge >= 0.3 is 0 Å². The quantitative estimate of drug-likeness (QED) is 0.790. The van der Waals surface area contributed by atoms with Gasteiger partial charge in [0, 0.05) is 22.9 Å². The Labute approximate surface area is 124 Å². The largest absolute Gasteiger partial charge is 0.454 e. The highest BCUT2D eigenvalue weighted by molar-refractivity contribution is 8.13. The van der Waals surface area contributed by atoms with E-state index in [9.17, 15) is 8.42 Å². The Morgan fingerprint density at radius 3 is 2.42 bits per heavy atom. The highest BCUT2D eigenvalue weighted by Gasteiger charge is 2.13. The number of hydrogen-bond donors (Lipinski definition) is 0. The molecule has 0 saturated carbocycles. The third kappa shape index (κ3) is 3.73. The lowest BCUT2D eigenvalue weighted by Crippen LogP contribution is -1.92. The van der Waals surface area contributed by atoms with Crippen LogP contribution in [-0.4, -0.2) is 13.4 Å². The van der Waals surface area contributed by atoms with Crippen molar-refractivity contribution in [1.82, 2.24) is 4.98 Å². The van der Waals surface area contributed by atoms with E-state index >= 15 is 0 Å². The van der Waals surface area contributed by atoms with Gasteiger partial charge < -0.3 is 4.74 Å². The molecule has 0 radical (unpaired) electrons. The van der Waals surface area contributed by atoms with Crippen LogP contribution in [0.2, 0.25) is 10.0 Å². The van der Waals surface area contributed by atoms with E-state index in [0.29, 0.717) is 10.8 Å². The molecule has 0 fully saturated rings. The fraction of sp³-hybridized carbons (Fsp3) is 0. The van der Waals surface area contributed by atoms with Gasteiger partial charge in [0.15, 0.2) is 0 Å². The maximum Gasteiger partial charge on any atom is 0.261 e. The van der Waals surface area contributed by atoms with Crippen molar-refractivity contribution < 1.29 is 13.2 Å². The van der Waals surface area contributed by atoms with Crippen molar-refractivity contribution in [3.8, 4) is 11.5 Å². The Kier molecular flexibility index (Phi) is 4.20. The molecule has 0 spiro atoms. The molecule has 1 aromatic heterocycles. The predicted octanol–water partition coefficient (Wildman–Crippen LogP) is 4.11. The fourth-order valence-electron chi connectivity index (χ4n) is 1.29. The fourth-order valence-corrected chi connectivity index (χ4v) is 2.52. The molecule has 0 aliphatic heterocycles. The van der Waals surface area contributed by atoms with Crippen LogP contribution < -0.4 is 4.74 Å². The minimum absolute atomic E-state index is 0.101. The van der Waals surface area contributed by atoms with Gasteiger partial charge in [-0.25, -0.2) is 8.42 Å². The molecule has 0 saturated heterocycles. The van der Waals surface area contributed by atoms with Gasteiger partial charge in [-0.15, -0.1) is 0 Å². The SMILES string of the molecule is O=S(=O)(Cl)c1ccc(Oc2cncc(Cl)c2)c(Cl)c1. The maximum absolute atomic E-state index is 11.1. The second-order valence-corrected chi connectivity index (χ2v) is 6.88. The molecule has 0 bridgehead atoms. The summed E-state index contributed by atoms with van der Waals surface area (Å²) in [4.78, 5) is 3.75. The topological polar surface area (TPSA) is 56.3 Å². The minimum atomic E-state index is -3.82. The van der Waals surface area contributed by atoms with E-state index < -0.39 is 9.05 Å². The molecule has 0 unspecified atom stereocenters. The Bertz CT molecular complexity index is 719. The van der Waals surface area contributed by atoms with Crippen LogP contribution in [0.15, 0.2) is 41.6 Å². The average molecular weight is 339 g/mol. The molecule has 0 aliphatic rings. The lowest BCUT2D eigenvalue weighted by Gasteiger charge is -2.08. The smallest absolute Gasteiger partial charge is 0.261 e. The van der Waals surface area contributed by atoms with Gasteiger partial charge in [0.05, 0.1) is 21.1 Å². The van der Waals surface area contributed by atoms with Crippen LogP contribution in [0.1, 0.15) is 0 Å². The maximum atomic E-state index is 11.1. The molecule has 100 valence electrons. The molecule has 2 rings (SSSR count). The van der Waals surface area contributed by atoms with Crippen molar-refractivity contribution in [1.29, 1.82) is 0 Å². The van der Waals surface area contributed by atoms with Gasteiger partial charge in [-0.1, -0.05) is 23.2 Å². The van der Waals surface area contributed by atoms with E-state index in [2.05, 4.69) is 4.98 Å². The lowest BCUT2D eigenvalue weighted by atomic mass is 10.3. The monoisotopic (exact) mass is 337 g/mol. The van der Waals surface area contributed by atoms with Crippen LogP contribution in [0, 0.1) is 0 Å². The van der Waals surface area contributed by atoms with Gasteiger partial charge in [0.25, 0.3) is 9.05 Å². The molecule has 0 atom stereocenters. The van der Waals surface area contributed by atoms with Crippen molar-refractivity contribution in [2.24, 2.45) is 0 Å².